The van der Waals surface area contributed by atoms with Crippen LogP contribution in [-0.2, 0) is 12.6 Å². The van der Waals surface area contributed by atoms with Crippen LogP contribution < -0.4 is 10.5 Å². The molecule has 0 amide bonds. The maximum atomic E-state index is 12.7. The molecule has 1 aromatic carbocycles. The summed E-state index contributed by atoms with van der Waals surface area (Å²) in [6, 6.07) is 4.12. The molecule has 1 heterocycles. The van der Waals surface area contributed by atoms with E-state index in [1.54, 1.807) is 6.07 Å². The van der Waals surface area contributed by atoms with E-state index in [0.29, 0.717) is 18.5 Å². The van der Waals surface area contributed by atoms with Gasteiger partial charge in [0.15, 0.2) is 0 Å². The number of rotatable bonds is 1. The van der Waals surface area contributed by atoms with E-state index in [-0.39, 0.29) is 17.8 Å². The third-order valence-electron chi connectivity index (χ3n) is 3.08. The van der Waals surface area contributed by atoms with E-state index in [1.807, 2.05) is 6.92 Å². The molecule has 1 aliphatic rings. The molecule has 0 fully saturated rings. The Morgan fingerprint density at radius 2 is 2.12 bits per heavy atom. The standard InChI is InChI=1S/C12H14F3NO/c1-11(6-16)5-8-3-2-4-9(12(13,14)15)10(8)17-7-11/h2-4H,5-7,16H2,1H3. The minimum absolute atomic E-state index is 0.0362. The summed E-state index contributed by atoms with van der Waals surface area (Å²) in [5.74, 6) is -0.0362. The van der Waals surface area contributed by atoms with Gasteiger partial charge in [0.25, 0.3) is 0 Å². The second-order valence-electron chi connectivity index (χ2n) is 4.77. The first-order chi connectivity index (χ1) is 7.86. The van der Waals surface area contributed by atoms with Gasteiger partial charge in [-0.15, -0.1) is 0 Å². The quantitative estimate of drug-likeness (QED) is 0.825. The lowest BCUT2D eigenvalue weighted by atomic mass is 9.82. The molecule has 0 saturated heterocycles. The number of alkyl halides is 3. The number of hydrogen-bond donors (Lipinski definition) is 1. The van der Waals surface area contributed by atoms with Crippen LogP contribution in [0.4, 0.5) is 13.2 Å². The predicted molar refractivity (Wildman–Crippen MR) is 57.8 cm³/mol. The van der Waals surface area contributed by atoms with Crippen molar-refractivity contribution in [1.29, 1.82) is 0 Å². The molecule has 1 aliphatic heterocycles. The van der Waals surface area contributed by atoms with Crippen LogP contribution in [0, 0.1) is 5.41 Å². The van der Waals surface area contributed by atoms with Gasteiger partial charge in [0.2, 0.25) is 0 Å². The van der Waals surface area contributed by atoms with E-state index in [2.05, 4.69) is 0 Å². The topological polar surface area (TPSA) is 35.2 Å². The smallest absolute Gasteiger partial charge is 0.419 e. The summed E-state index contributed by atoms with van der Waals surface area (Å²) < 4.78 is 43.5. The van der Waals surface area contributed by atoms with E-state index in [1.165, 1.54) is 6.07 Å². The molecule has 17 heavy (non-hydrogen) atoms. The summed E-state index contributed by atoms with van der Waals surface area (Å²) in [6.07, 6.45) is -3.86. The molecule has 0 saturated carbocycles. The average molecular weight is 245 g/mol. The average Bonchev–Trinajstić information content (AvgIpc) is 2.26. The highest BCUT2D eigenvalue weighted by atomic mass is 19.4. The molecule has 2 rings (SSSR count). The number of hydrogen-bond acceptors (Lipinski definition) is 2. The Labute approximate surface area is 97.6 Å². The monoisotopic (exact) mass is 245 g/mol. The molecule has 2 N–H and O–H groups in total. The summed E-state index contributed by atoms with van der Waals surface area (Å²) in [5, 5.41) is 0. The van der Waals surface area contributed by atoms with Gasteiger partial charge in [-0.1, -0.05) is 19.1 Å². The lowest BCUT2D eigenvalue weighted by Gasteiger charge is -2.34. The second-order valence-corrected chi connectivity index (χ2v) is 4.77. The van der Waals surface area contributed by atoms with Gasteiger partial charge in [-0.3, -0.25) is 0 Å². The summed E-state index contributed by atoms with van der Waals surface area (Å²) in [6.45, 7) is 2.53. The Balaban J connectivity index is 2.43. The van der Waals surface area contributed by atoms with Gasteiger partial charge < -0.3 is 10.5 Å². The molecular formula is C12H14F3NO. The van der Waals surface area contributed by atoms with Crippen LogP contribution in [0.25, 0.3) is 0 Å². The summed E-state index contributed by atoms with van der Waals surface area (Å²) >= 11 is 0. The summed E-state index contributed by atoms with van der Waals surface area (Å²) in [4.78, 5) is 0. The summed E-state index contributed by atoms with van der Waals surface area (Å²) in [7, 11) is 0. The SMILES string of the molecule is CC1(CN)COc2c(cccc2C(F)(F)F)C1. The van der Waals surface area contributed by atoms with Crippen LogP contribution in [0.5, 0.6) is 5.75 Å². The Morgan fingerprint density at radius 3 is 2.71 bits per heavy atom. The number of ether oxygens (including phenoxy) is 1. The van der Waals surface area contributed by atoms with Crippen molar-refractivity contribution >= 4 is 0 Å². The normalized spacial score (nSPS) is 24.1. The number of benzene rings is 1. The van der Waals surface area contributed by atoms with Crippen molar-refractivity contribution < 1.29 is 17.9 Å². The largest absolute Gasteiger partial charge is 0.492 e. The van der Waals surface area contributed by atoms with Gasteiger partial charge in [0.05, 0.1) is 12.2 Å². The highest BCUT2D eigenvalue weighted by Crippen LogP contribution is 2.42. The molecule has 0 aromatic heterocycles. The number of halogens is 3. The Morgan fingerprint density at radius 1 is 1.41 bits per heavy atom. The molecule has 5 heteroatoms. The van der Waals surface area contributed by atoms with E-state index in [9.17, 15) is 13.2 Å². The minimum Gasteiger partial charge on any atom is -0.492 e. The van der Waals surface area contributed by atoms with Crippen LogP contribution in [-0.4, -0.2) is 13.2 Å². The molecule has 0 radical (unpaired) electrons. The van der Waals surface area contributed by atoms with Gasteiger partial charge in [0.1, 0.15) is 5.75 Å². The first-order valence-electron chi connectivity index (χ1n) is 5.38. The number of fused-ring (bicyclic) bond motifs is 1. The molecule has 0 bridgehead atoms. The van der Waals surface area contributed by atoms with Gasteiger partial charge in [-0.25, -0.2) is 0 Å². The Hall–Kier alpha value is -1.23. The van der Waals surface area contributed by atoms with Crippen LogP contribution >= 0.6 is 0 Å². The Kier molecular flexibility index (Phi) is 2.81. The maximum Gasteiger partial charge on any atom is 0.419 e. The molecular weight excluding hydrogens is 231 g/mol. The first-order valence-corrected chi connectivity index (χ1v) is 5.38. The van der Waals surface area contributed by atoms with Crippen molar-refractivity contribution in [1.82, 2.24) is 0 Å². The highest BCUT2D eigenvalue weighted by molar-refractivity contribution is 5.45. The molecule has 1 aromatic rings. The molecule has 94 valence electrons. The van der Waals surface area contributed by atoms with E-state index >= 15 is 0 Å². The van der Waals surface area contributed by atoms with Crippen LogP contribution in [0.3, 0.4) is 0 Å². The zero-order valence-electron chi connectivity index (χ0n) is 9.47. The highest BCUT2D eigenvalue weighted by Gasteiger charge is 2.39. The van der Waals surface area contributed by atoms with Crippen LogP contribution in [0.2, 0.25) is 0 Å². The second kappa shape index (κ2) is 3.91. The van der Waals surface area contributed by atoms with Gasteiger partial charge in [0, 0.05) is 12.0 Å². The fraction of sp³-hybridized carbons (Fsp3) is 0.500. The zero-order chi connectivity index (χ0) is 12.7. The fourth-order valence-electron chi connectivity index (χ4n) is 2.01. The number of para-hydroxylation sites is 1. The zero-order valence-corrected chi connectivity index (χ0v) is 9.47. The van der Waals surface area contributed by atoms with Crippen molar-refractivity contribution in [3.8, 4) is 5.75 Å². The van der Waals surface area contributed by atoms with Crippen molar-refractivity contribution in [3.63, 3.8) is 0 Å². The van der Waals surface area contributed by atoms with E-state index < -0.39 is 11.7 Å². The van der Waals surface area contributed by atoms with Gasteiger partial charge in [-0.2, -0.15) is 13.2 Å². The van der Waals surface area contributed by atoms with Gasteiger partial charge in [-0.05, 0) is 18.1 Å². The molecule has 1 unspecified atom stereocenters. The Bertz CT molecular complexity index is 430. The molecule has 1 atom stereocenters. The van der Waals surface area contributed by atoms with Crippen molar-refractivity contribution in [2.24, 2.45) is 11.1 Å². The van der Waals surface area contributed by atoms with Gasteiger partial charge >= 0.3 is 6.18 Å². The number of nitrogens with two attached hydrogens (primary N) is 1. The fourth-order valence-corrected chi connectivity index (χ4v) is 2.01. The van der Waals surface area contributed by atoms with Crippen molar-refractivity contribution in [2.45, 2.75) is 19.5 Å². The maximum absolute atomic E-state index is 12.7. The predicted octanol–water partition coefficient (Wildman–Crippen LogP) is 2.61. The third-order valence-corrected chi connectivity index (χ3v) is 3.08. The van der Waals surface area contributed by atoms with Crippen LogP contribution in [0.15, 0.2) is 18.2 Å². The third kappa shape index (κ3) is 2.24. The van der Waals surface area contributed by atoms with E-state index in [0.717, 1.165) is 6.07 Å². The molecule has 2 nitrogen and oxygen atoms in total. The van der Waals surface area contributed by atoms with Crippen LogP contribution in [0.1, 0.15) is 18.1 Å². The van der Waals surface area contributed by atoms with E-state index in [4.69, 9.17) is 10.5 Å². The first kappa shape index (κ1) is 12.2. The molecule has 0 aliphatic carbocycles. The summed E-state index contributed by atoms with van der Waals surface area (Å²) in [5.41, 5.74) is 5.22. The van der Waals surface area contributed by atoms with Crippen molar-refractivity contribution in [3.05, 3.63) is 29.3 Å². The van der Waals surface area contributed by atoms with Crippen molar-refractivity contribution in [2.75, 3.05) is 13.2 Å². The lowest BCUT2D eigenvalue weighted by Crippen LogP contribution is -2.39. The minimum atomic E-state index is -4.37. The molecule has 0 spiro atoms. The lowest BCUT2D eigenvalue weighted by molar-refractivity contribution is -0.139.